The second-order valence-corrected chi connectivity index (χ2v) is 9.05. The van der Waals surface area contributed by atoms with Crippen LogP contribution in [-0.4, -0.2) is 32.3 Å². The number of nitrogens with zero attached hydrogens (tertiary/aromatic N) is 1. The van der Waals surface area contributed by atoms with E-state index in [1.165, 1.54) is 6.07 Å². The van der Waals surface area contributed by atoms with Crippen LogP contribution in [0, 0.1) is 19.8 Å². The van der Waals surface area contributed by atoms with Crippen molar-refractivity contribution in [2.24, 2.45) is 5.92 Å². The molecule has 3 rings (SSSR count). The fourth-order valence-corrected chi connectivity index (χ4v) is 4.43. The van der Waals surface area contributed by atoms with Crippen molar-refractivity contribution in [3.63, 3.8) is 0 Å². The summed E-state index contributed by atoms with van der Waals surface area (Å²) in [6, 6.07) is 12.0. The van der Waals surface area contributed by atoms with E-state index in [4.69, 9.17) is 0 Å². The molecule has 1 heterocycles. The monoisotopic (exact) mass is 386 g/mol. The zero-order valence-electron chi connectivity index (χ0n) is 16.0. The first-order valence-corrected chi connectivity index (χ1v) is 10.7. The van der Waals surface area contributed by atoms with Gasteiger partial charge in [0.2, 0.25) is 0 Å². The third kappa shape index (κ3) is 4.33. The fraction of sp³-hybridized carbons (Fsp3) is 0.381. The van der Waals surface area contributed by atoms with Crippen LogP contribution >= 0.6 is 0 Å². The van der Waals surface area contributed by atoms with Crippen molar-refractivity contribution in [2.75, 3.05) is 17.8 Å². The number of amides is 1. The summed E-state index contributed by atoms with van der Waals surface area (Å²) in [4.78, 5) is 14.9. The Kier molecular flexibility index (Phi) is 5.56. The highest BCUT2D eigenvalue weighted by Crippen LogP contribution is 2.24. The van der Waals surface area contributed by atoms with Crippen LogP contribution < -0.4 is 4.72 Å². The second kappa shape index (κ2) is 7.72. The standard InChI is InChI=1S/C21H26N2O3S/c1-15-10-12-23(13-11-15)21(24)19-14-18(9-8-16(19)2)27(25,26)22-20-7-5-4-6-17(20)3/h4-9,14-15,22H,10-13H2,1-3H3. The van der Waals surface area contributed by atoms with Crippen molar-refractivity contribution in [3.8, 4) is 0 Å². The van der Waals surface area contributed by atoms with E-state index in [1.54, 1.807) is 24.3 Å². The Hall–Kier alpha value is -2.34. The van der Waals surface area contributed by atoms with Crippen LogP contribution in [0.1, 0.15) is 41.3 Å². The van der Waals surface area contributed by atoms with Crippen LogP contribution in [0.2, 0.25) is 0 Å². The van der Waals surface area contributed by atoms with Gasteiger partial charge < -0.3 is 4.90 Å². The van der Waals surface area contributed by atoms with Crippen molar-refractivity contribution in [3.05, 3.63) is 59.2 Å². The lowest BCUT2D eigenvalue weighted by molar-refractivity contribution is 0.0696. The average molecular weight is 387 g/mol. The largest absolute Gasteiger partial charge is 0.339 e. The minimum Gasteiger partial charge on any atom is -0.339 e. The van der Waals surface area contributed by atoms with E-state index in [2.05, 4.69) is 11.6 Å². The lowest BCUT2D eigenvalue weighted by atomic mass is 9.98. The van der Waals surface area contributed by atoms with Crippen molar-refractivity contribution in [1.29, 1.82) is 0 Å². The van der Waals surface area contributed by atoms with Gasteiger partial charge in [0.25, 0.3) is 15.9 Å². The maximum Gasteiger partial charge on any atom is 0.261 e. The summed E-state index contributed by atoms with van der Waals surface area (Å²) in [5.74, 6) is 0.535. The molecule has 27 heavy (non-hydrogen) atoms. The molecule has 2 aromatic carbocycles. The maximum absolute atomic E-state index is 12.9. The molecule has 1 fully saturated rings. The topological polar surface area (TPSA) is 66.5 Å². The number of carbonyl (C=O) groups excluding carboxylic acids is 1. The van der Waals surface area contributed by atoms with E-state index >= 15 is 0 Å². The third-order valence-corrected chi connectivity index (χ3v) is 6.57. The van der Waals surface area contributed by atoms with Crippen LogP contribution in [0.3, 0.4) is 0 Å². The zero-order valence-corrected chi connectivity index (χ0v) is 16.8. The molecular formula is C21H26N2O3S. The number of nitrogens with one attached hydrogen (secondary N) is 1. The molecule has 0 spiro atoms. The zero-order chi connectivity index (χ0) is 19.6. The Balaban J connectivity index is 1.88. The van der Waals surface area contributed by atoms with Gasteiger partial charge in [-0.15, -0.1) is 0 Å². The summed E-state index contributed by atoms with van der Waals surface area (Å²) >= 11 is 0. The van der Waals surface area contributed by atoms with E-state index in [0.717, 1.165) is 37.1 Å². The minimum atomic E-state index is -3.77. The number of anilines is 1. The molecule has 0 aliphatic carbocycles. The number of aryl methyl sites for hydroxylation is 2. The summed E-state index contributed by atoms with van der Waals surface area (Å²) in [5, 5.41) is 0. The predicted octanol–water partition coefficient (Wildman–Crippen LogP) is 3.98. The number of para-hydroxylation sites is 1. The van der Waals surface area contributed by atoms with Crippen LogP contribution in [0.25, 0.3) is 0 Å². The van der Waals surface area contributed by atoms with Gasteiger partial charge in [-0.25, -0.2) is 8.42 Å². The number of sulfonamides is 1. The van der Waals surface area contributed by atoms with E-state index in [9.17, 15) is 13.2 Å². The smallest absolute Gasteiger partial charge is 0.261 e. The molecule has 1 aliphatic rings. The molecule has 0 bridgehead atoms. The van der Waals surface area contributed by atoms with Crippen molar-refractivity contribution < 1.29 is 13.2 Å². The number of hydrogen-bond donors (Lipinski definition) is 1. The summed E-state index contributed by atoms with van der Waals surface area (Å²) < 4.78 is 28.3. The summed E-state index contributed by atoms with van der Waals surface area (Å²) in [5.41, 5.74) is 2.62. The Morgan fingerprint density at radius 1 is 1.04 bits per heavy atom. The molecule has 0 aromatic heterocycles. The van der Waals surface area contributed by atoms with Crippen molar-refractivity contribution in [1.82, 2.24) is 4.90 Å². The molecule has 0 radical (unpaired) electrons. The van der Waals surface area contributed by atoms with Crippen molar-refractivity contribution >= 4 is 21.6 Å². The molecule has 6 heteroatoms. The number of carbonyl (C=O) groups is 1. The minimum absolute atomic E-state index is 0.0904. The lowest BCUT2D eigenvalue weighted by Gasteiger charge is -2.30. The van der Waals surface area contributed by atoms with E-state index < -0.39 is 10.0 Å². The molecule has 0 atom stereocenters. The Morgan fingerprint density at radius 2 is 1.70 bits per heavy atom. The number of likely N-dealkylation sites (tertiary alicyclic amines) is 1. The first-order valence-electron chi connectivity index (χ1n) is 9.26. The van der Waals surface area contributed by atoms with Gasteiger partial charge >= 0.3 is 0 Å². The average Bonchev–Trinajstić information content (AvgIpc) is 2.64. The first kappa shape index (κ1) is 19.4. The van der Waals surface area contributed by atoms with E-state index in [0.29, 0.717) is 17.2 Å². The number of piperidine rings is 1. The van der Waals surface area contributed by atoms with Gasteiger partial charge in [-0.2, -0.15) is 0 Å². The SMILES string of the molecule is Cc1ccccc1NS(=O)(=O)c1ccc(C)c(C(=O)N2CCC(C)CC2)c1. The highest BCUT2D eigenvalue weighted by atomic mass is 32.2. The molecule has 2 aromatic rings. The highest BCUT2D eigenvalue weighted by Gasteiger charge is 2.24. The van der Waals surface area contributed by atoms with Gasteiger partial charge in [0.1, 0.15) is 0 Å². The third-order valence-electron chi connectivity index (χ3n) is 5.21. The van der Waals surface area contributed by atoms with Gasteiger partial charge in [0, 0.05) is 18.7 Å². The molecule has 0 saturated carbocycles. The van der Waals surface area contributed by atoms with E-state index in [-0.39, 0.29) is 10.8 Å². The summed E-state index contributed by atoms with van der Waals surface area (Å²) in [6.45, 7) is 7.32. The molecule has 1 saturated heterocycles. The Morgan fingerprint density at radius 3 is 2.37 bits per heavy atom. The normalized spacial score (nSPS) is 15.6. The van der Waals surface area contributed by atoms with Gasteiger partial charge in [-0.3, -0.25) is 9.52 Å². The summed E-state index contributed by atoms with van der Waals surface area (Å²) in [7, 11) is -3.77. The highest BCUT2D eigenvalue weighted by molar-refractivity contribution is 7.92. The molecule has 1 amide bonds. The van der Waals surface area contributed by atoms with Crippen LogP contribution in [0.15, 0.2) is 47.4 Å². The Bertz CT molecular complexity index is 946. The van der Waals surface area contributed by atoms with Crippen LogP contribution in [-0.2, 0) is 10.0 Å². The van der Waals surface area contributed by atoms with Gasteiger partial charge in [-0.1, -0.05) is 31.2 Å². The first-order chi connectivity index (χ1) is 12.8. The Labute approximate surface area is 161 Å². The molecule has 1 N–H and O–H groups in total. The fourth-order valence-electron chi connectivity index (χ4n) is 3.27. The summed E-state index contributed by atoms with van der Waals surface area (Å²) in [6.07, 6.45) is 1.97. The van der Waals surface area contributed by atoms with Crippen molar-refractivity contribution in [2.45, 2.75) is 38.5 Å². The molecule has 1 aliphatic heterocycles. The van der Waals surface area contributed by atoms with Gasteiger partial charge in [-0.05, 0) is 61.9 Å². The lowest BCUT2D eigenvalue weighted by Crippen LogP contribution is -2.38. The maximum atomic E-state index is 12.9. The van der Waals surface area contributed by atoms with Gasteiger partial charge in [0.15, 0.2) is 0 Å². The molecular weight excluding hydrogens is 360 g/mol. The number of hydrogen-bond acceptors (Lipinski definition) is 3. The number of rotatable bonds is 4. The molecule has 144 valence electrons. The van der Waals surface area contributed by atoms with E-state index in [1.807, 2.05) is 30.9 Å². The quantitative estimate of drug-likeness (QED) is 0.864. The predicted molar refractivity (Wildman–Crippen MR) is 107 cm³/mol. The number of benzene rings is 2. The van der Waals surface area contributed by atoms with Gasteiger partial charge in [0.05, 0.1) is 10.6 Å². The molecule has 0 unspecified atom stereocenters. The molecule has 5 nitrogen and oxygen atoms in total. The van der Waals surface area contributed by atoms with Crippen LogP contribution in [0.4, 0.5) is 5.69 Å². The van der Waals surface area contributed by atoms with Crippen LogP contribution in [0.5, 0.6) is 0 Å². The second-order valence-electron chi connectivity index (χ2n) is 7.37.